The van der Waals surface area contributed by atoms with Crippen molar-refractivity contribution in [1.82, 2.24) is 19.3 Å². The molecule has 26 heavy (non-hydrogen) atoms. The van der Waals surface area contributed by atoms with Crippen LogP contribution in [0.3, 0.4) is 0 Å². The van der Waals surface area contributed by atoms with Crippen molar-refractivity contribution in [2.45, 2.75) is 31.2 Å². The van der Waals surface area contributed by atoms with E-state index in [1.54, 1.807) is 26.8 Å². The van der Waals surface area contributed by atoms with Gasteiger partial charge in [-0.2, -0.15) is 9.61 Å². The summed E-state index contributed by atoms with van der Waals surface area (Å²) in [6, 6.07) is 5.52. The van der Waals surface area contributed by atoms with Crippen molar-refractivity contribution in [2.75, 3.05) is 5.32 Å². The molecule has 10 heteroatoms. The van der Waals surface area contributed by atoms with Crippen LogP contribution in [-0.2, 0) is 10.0 Å². The zero-order valence-electron chi connectivity index (χ0n) is 14.3. The number of anilines is 2. The zero-order valence-corrected chi connectivity index (χ0v) is 15.9. The summed E-state index contributed by atoms with van der Waals surface area (Å²) in [5, 5.41) is 7.30. The van der Waals surface area contributed by atoms with Crippen molar-refractivity contribution in [3.05, 3.63) is 47.5 Å². The van der Waals surface area contributed by atoms with Crippen molar-refractivity contribution in [2.24, 2.45) is 0 Å². The first-order valence-corrected chi connectivity index (χ1v) is 9.52. The van der Waals surface area contributed by atoms with E-state index in [0.717, 1.165) is 0 Å². The summed E-state index contributed by atoms with van der Waals surface area (Å²) in [7, 11) is -3.80. The first kappa shape index (κ1) is 18.6. The minimum absolute atomic E-state index is 0.0405. The molecule has 0 unspecified atom stereocenters. The summed E-state index contributed by atoms with van der Waals surface area (Å²) in [5.41, 5.74) is -0.0387. The van der Waals surface area contributed by atoms with Gasteiger partial charge in [-0.3, -0.25) is 0 Å². The highest BCUT2D eigenvalue weighted by atomic mass is 35.5. The molecule has 0 fully saturated rings. The van der Waals surface area contributed by atoms with Gasteiger partial charge in [0, 0.05) is 11.7 Å². The summed E-state index contributed by atoms with van der Waals surface area (Å²) >= 11 is 6.03. The third-order valence-corrected chi connectivity index (χ3v) is 5.35. The number of nitrogens with zero attached hydrogens (tertiary/aromatic N) is 3. The van der Waals surface area contributed by atoms with E-state index in [-0.39, 0.29) is 15.6 Å². The van der Waals surface area contributed by atoms with E-state index in [2.05, 4.69) is 20.1 Å². The summed E-state index contributed by atoms with van der Waals surface area (Å²) in [6.45, 7) is 5.23. The predicted molar refractivity (Wildman–Crippen MR) is 97.8 cm³/mol. The van der Waals surface area contributed by atoms with Crippen molar-refractivity contribution in [1.29, 1.82) is 0 Å². The fourth-order valence-corrected chi connectivity index (χ4v) is 4.04. The Balaban J connectivity index is 2.04. The van der Waals surface area contributed by atoms with Crippen LogP contribution in [0.1, 0.15) is 20.8 Å². The lowest BCUT2D eigenvalue weighted by atomic mass is 10.1. The molecule has 2 N–H and O–H groups in total. The highest BCUT2D eigenvalue weighted by molar-refractivity contribution is 7.89. The van der Waals surface area contributed by atoms with Crippen molar-refractivity contribution < 1.29 is 12.8 Å². The molecule has 0 aliphatic heterocycles. The normalized spacial score (nSPS) is 12.5. The second-order valence-corrected chi connectivity index (χ2v) is 8.74. The van der Waals surface area contributed by atoms with E-state index in [4.69, 9.17) is 11.6 Å². The van der Waals surface area contributed by atoms with Crippen LogP contribution in [-0.4, -0.2) is 28.6 Å². The third-order valence-electron chi connectivity index (χ3n) is 3.29. The largest absolute Gasteiger partial charge is 0.339 e. The number of hydrogen-bond acceptors (Lipinski definition) is 5. The van der Waals surface area contributed by atoms with Gasteiger partial charge in [0.25, 0.3) is 0 Å². The van der Waals surface area contributed by atoms with Gasteiger partial charge >= 0.3 is 0 Å². The lowest BCUT2D eigenvalue weighted by molar-refractivity contribution is 0.492. The molecule has 2 heterocycles. The fraction of sp³-hybridized carbons (Fsp3) is 0.250. The van der Waals surface area contributed by atoms with Gasteiger partial charge in [-0.1, -0.05) is 11.6 Å². The Morgan fingerprint density at radius 1 is 1.23 bits per heavy atom. The number of halogens is 2. The van der Waals surface area contributed by atoms with Crippen LogP contribution in [0.5, 0.6) is 0 Å². The average molecular weight is 398 g/mol. The highest BCUT2D eigenvalue weighted by Crippen LogP contribution is 2.27. The Morgan fingerprint density at radius 2 is 1.96 bits per heavy atom. The molecular weight excluding hydrogens is 381 g/mol. The minimum atomic E-state index is -3.80. The lowest BCUT2D eigenvalue weighted by Gasteiger charge is -2.19. The molecular formula is C16H17ClFN5O2S. The van der Waals surface area contributed by atoms with Gasteiger partial charge in [0.05, 0.1) is 16.9 Å². The number of hydrogen-bond donors (Lipinski definition) is 2. The van der Waals surface area contributed by atoms with Crippen LogP contribution in [0.4, 0.5) is 15.9 Å². The van der Waals surface area contributed by atoms with Gasteiger partial charge in [-0.05, 0) is 45.0 Å². The Labute approximate surface area is 155 Å². The molecule has 0 bridgehead atoms. The van der Waals surface area contributed by atoms with Crippen LogP contribution in [0.2, 0.25) is 5.02 Å². The van der Waals surface area contributed by atoms with Crippen LogP contribution >= 0.6 is 11.6 Å². The number of sulfonamides is 1. The molecule has 0 saturated carbocycles. The van der Waals surface area contributed by atoms with Crippen LogP contribution in [0, 0.1) is 5.82 Å². The lowest BCUT2D eigenvalue weighted by Crippen LogP contribution is -2.40. The number of benzene rings is 1. The van der Waals surface area contributed by atoms with Gasteiger partial charge in [0.2, 0.25) is 10.0 Å². The monoisotopic (exact) mass is 397 g/mol. The molecule has 1 aromatic carbocycles. The molecule has 7 nitrogen and oxygen atoms in total. The molecule has 0 saturated heterocycles. The van der Waals surface area contributed by atoms with Crippen LogP contribution in [0.15, 0.2) is 41.6 Å². The van der Waals surface area contributed by atoms with E-state index < -0.39 is 21.4 Å². The topological polar surface area (TPSA) is 88.4 Å². The summed E-state index contributed by atoms with van der Waals surface area (Å²) in [5.74, 6) is -0.0261. The van der Waals surface area contributed by atoms with E-state index >= 15 is 0 Å². The summed E-state index contributed by atoms with van der Waals surface area (Å²) in [4.78, 5) is 4.08. The first-order valence-electron chi connectivity index (χ1n) is 7.66. The summed E-state index contributed by atoms with van der Waals surface area (Å²) in [6.07, 6.45) is 2.68. The van der Waals surface area contributed by atoms with Gasteiger partial charge in [-0.15, -0.1) is 0 Å². The number of nitrogens with one attached hydrogen (secondary N) is 2. The Hall–Kier alpha value is -2.23. The number of fused-ring (bicyclic) bond motifs is 1. The van der Waals surface area contributed by atoms with E-state index in [1.165, 1.54) is 35.1 Å². The van der Waals surface area contributed by atoms with Crippen LogP contribution in [0.25, 0.3) is 5.65 Å². The van der Waals surface area contributed by atoms with E-state index in [1.807, 2.05) is 0 Å². The zero-order chi connectivity index (χ0) is 19.1. The smallest absolute Gasteiger partial charge is 0.246 e. The summed E-state index contributed by atoms with van der Waals surface area (Å²) < 4.78 is 42.3. The van der Waals surface area contributed by atoms with Crippen molar-refractivity contribution >= 4 is 38.8 Å². The number of rotatable bonds is 4. The maximum atomic E-state index is 13.2. The van der Waals surface area contributed by atoms with Crippen molar-refractivity contribution in [3.8, 4) is 0 Å². The predicted octanol–water partition coefficient (Wildman–Crippen LogP) is 3.34. The maximum absolute atomic E-state index is 13.2. The Morgan fingerprint density at radius 3 is 2.62 bits per heavy atom. The second kappa shape index (κ2) is 6.49. The molecule has 0 spiro atoms. The Kier molecular flexibility index (Phi) is 4.63. The second-order valence-electron chi connectivity index (χ2n) is 6.68. The SMILES string of the molecule is CC(C)(C)NS(=O)(=O)c1cnn2c(Nc3ccc(F)cc3Cl)ccnc12. The molecule has 0 amide bonds. The third kappa shape index (κ3) is 3.79. The average Bonchev–Trinajstić information content (AvgIpc) is 2.93. The highest BCUT2D eigenvalue weighted by Gasteiger charge is 2.26. The van der Waals surface area contributed by atoms with Gasteiger partial charge < -0.3 is 5.32 Å². The van der Waals surface area contributed by atoms with Gasteiger partial charge in [0.1, 0.15) is 16.5 Å². The quantitative estimate of drug-likeness (QED) is 0.704. The molecule has 3 rings (SSSR count). The van der Waals surface area contributed by atoms with E-state index in [9.17, 15) is 12.8 Å². The fourth-order valence-electron chi connectivity index (χ4n) is 2.34. The molecule has 0 aliphatic rings. The molecule has 0 atom stereocenters. The Bertz CT molecular complexity index is 1080. The van der Waals surface area contributed by atoms with Crippen molar-refractivity contribution in [3.63, 3.8) is 0 Å². The molecule has 0 aliphatic carbocycles. The molecule has 2 aromatic heterocycles. The molecule has 138 valence electrons. The number of aromatic nitrogens is 3. The molecule has 3 aromatic rings. The minimum Gasteiger partial charge on any atom is -0.339 e. The maximum Gasteiger partial charge on any atom is 0.246 e. The standard InChI is InChI=1S/C16H17ClFN5O2S/c1-16(2,3)22-26(24,25)13-9-20-23-14(6-7-19-15(13)23)21-12-5-4-10(18)8-11(12)17/h4-9,21-22H,1-3H3. The molecule has 0 radical (unpaired) electrons. The first-order chi connectivity index (χ1) is 12.1. The van der Waals surface area contributed by atoms with Gasteiger partial charge in [0.15, 0.2) is 5.65 Å². The van der Waals surface area contributed by atoms with E-state index in [0.29, 0.717) is 11.5 Å². The van der Waals surface area contributed by atoms with Crippen LogP contribution < -0.4 is 10.0 Å². The van der Waals surface area contributed by atoms with Gasteiger partial charge in [-0.25, -0.2) is 22.5 Å².